The Morgan fingerprint density at radius 2 is 1.96 bits per heavy atom. The molecule has 118 valence electrons. The number of carbonyl (C=O) groups is 1. The van der Waals surface area contributed by atoms with E-state index in [1.54, 1.807) is 12.1 Å². The second-order valence-corrected chi connectivity index (χ2v) is 5.36. The van der Waals surface area contributed by atoms with Gasteiger partial charge in [-0.3, -0.25) is 9.36 Å². The number of carboxylic acids is 1. The van der Waals surface area contributed by atoms with E-state index in [1.807, 2.05) is 46.9 Å². The molecule has 0 bridgehead atoms. The van der Waals surface area contributed by atoms with E-state index in [0.717, 1.165) is 29.1 Å². The molecule has 0 fully saturated rings. The highest BCUT2D eigenvalue weighted by Crippen LogP contribution is 2.21. The number of nitrogens with zero attached hydrogens (tertiary/aromatic N) is 4. The Bertz CT molecular complexity index is 831. The molecule has 23 heavy (non-hydrogen) atoms. The molecular weight excluding hydrogens is 292 g/mol. The van der Waals surface area contributed by atoms with Crippen LogP contribution in [0.4, 0.5) is 0 Å². The van der Waals surface area contributed by atoms with Gasteiger partial charge in [0.2, 0.25) is 0 Å². The van der Waals surface area contributed by atoms with Crippen LogP contribution in [0.3, 0.4) is 0 Å². The van der Waals surface area contributed by atoms with Crippen LogP contribution >= 0.6 is 0 Å². The summed E-state index contributed by atoms with van der Waals surface area (Å²) in [4.78, 5) is 10.9. The Morgan fingerprint density at radius 3 is 2.57 bits per heavy atom. The van der Waals surface area contributed by atoms with Gasteiger partial charge in [-0.25, -0.2) is 4.79 Å². The molecule has 6 heteroatoms. The van der Waals surface area contributed by atoms with Crippen molar-refractivity contribution in [3.8, 4) is 11.3 Å². The summed E-state index contributed by atoms with van der Waals surface area (Å²) < 4.78 is 3.78. The van der Waals surface area contributed by atoms with Crippen LogP contribution in [-0.4, -0.2) is 30.6 Å². The second kappa shape index (κ2) is 6.08. The normalized spacial score (nSPS) is 10.9. The van der Waals surface area contributed by atoms with E-state index in [9.17, 15) is 4.79 Å². The van der Waals surface area contributed by atoms with Crippen LogP contribution in [0.25, 0.3) is 11.3 Å². The maximum atomic E-state index is 10.9. The Hall–Kier alpha value is -2.89. The first-order chi connectivity index (χ1) is 11.1. The molecule has 0 saturated heterocycles. The molecule has 2 heterocycles. The third kappa shape index (κ3) is 3.01. The van der Waals surface area contributed by atoms with Crippen LogP contribution in [0.1, 0.15) is 28.5 Å². The van der Waals surface area contributed by atoms with Crippen molar-refractivity contribution in [2.24, 2.45) is 0 Å². The van der Waals surface area contributed by atoms with E-state index in [0.29, 0.717) is 6.54 Å². The Labute approximate surface area is 134 Å². The van der Waals surface area contributed by atoms with Crippen molar-refractivity contribution in [1.29, 1.82) is 0 Å². The van der Waals surface area contributed by atoms with Crippen molar-refractivity contribution in [1.82, 2.24) is 19.6 Å². The van der Waals surface area contributed by atoms with Gasteiger partial charge in [-0.15, -0.1) is 0 Å². The monoisotopic (exact) mass is 310 g/mol. The van der Waals surface area contributed by atoms with Gasteiger partial charge < -0.3 is 5.11 Å². The molecule has 2 aromatic heterocycles. The number of hydrogen-bond donors (Lipinski definition) is 1. The summed E-state index contributed by atoms with van der Waals surface area (Å²) >= 11 is 0. The molecule has 1 N–H and O–H groups in total. The Kier molecular flexibility index (Phi) is 3.97. The van der Waals surface area contributed by atoms with Crippen LogP contribution in [0, 0.1) is 6.92 Å². The lowest BCUT2D eigenvalue weighted by atomic mass is 10.1. The molecule has 0 aliphatic heterocycles. The van der Waals surface area contributed by atoms with Crippen LogP contribution in [0.15, 0.2) is 42.7 Å². The van der Waals surface area contributed by atoms with E-state index in [-0.39, 0.29) is 5.56 Å². The number of benzene rings is 1. The van der Waals surface area contributed by atoms with Gasteiger partial charge in [-0.2, -0.15) is 10.2 Å². The minimum atomic E-state index is -0.915. The zero-order chi connectivity index (χ0) is 16.4. The van der Waals surface area contributed by atoms with Crippen LogP contribution < -0.4 is 0 Å². The molecule has 0 radical (unpaired) electrons. The topological polar surface area (TPSA) is 72.9 Å². The predicted molar refractivity (Wildman–Crippen MR) is 86.4 cm³/mol. The maximum absolute atomic E-state index is 10.9. The zero-order valence-corrected chi connectivity index (χ0v) is 13.1. The van der Waals surface area contributed by atoms with Gasteiger partial charge in [-0.05, 0) is 37.6 Å². The van der Waals surface area contributed by atoms with Crippen molar-refractivity contribution in [3.05, 3.63) is 59.5 Å². The highest BCUT2D eigenvalue weighted by molar-refractivity contribution is 5.87. The summed E-state index contributed by atoms with van der Waals surface area (Å²) in [5, 5.41) is 17.8. The molecule has 6 nitrogen and oxygen atoms in total. The van der Waals surface area contributed by atoms with E-state index in [1.165, 1.54) is 0 Å². The van der Waals surface area contributed by atoms with Crippen molar-refractivity contribution in [2.75, 3.05) is 0 Å². The summed E-state index contributed by atoms with van der Waals surface area (Å²) in [6.45, 7) is 5.53. The van der Waals surface area contributed by atoms with Crippen LogP contribution in [0.2, 0.25) is 0 Å². The highest BCUT2D eigenvalue weighted by atomic mass is 16.4. The second-order valence-electron chi connectivity index (χ2n) is 5.36. The molecule has 3 aromatic rings. The number of hydrogen-bond acceptors (Lipinski definition) is 3. The van der Waals surface area contributed by atoms with Gasteiger partial charge in [0.25, 0.3) is 0 Å². The summed E-state index contributed by atoms with van der Waals surface area (Å²) in [6.07, 6.45) is 3.76. The van der Waals surface area contributed by atoms with E-state index >= 15 is 0 Å². The fourth-order valence-corrected chi connectivity index (χ4v) is 2.55. The predicted octanol–water partition coefficient (Wildman–Crippen LogP) is 2.82. The van der Waals surface area contributed by atoms with Gasteiger partial charge in [0.15, 0.2) is 0 Å². The smallest absolute Gasteiger partial charge is 0.335 e. The molecular formula is C17H18N4O2. The molecule has 0 saturated carbocycles. The van der Waals surface area contributed by atoms with Gasteiger partial charge in [0.05, 0.1) is 24.0 Å². The number of aromatic carboxylic acids is 1. The molecule has 0 spiro atoms. The minimum Gasteiger partial charge on any atom is -0.478 e. The number of aromatic nitrogens is 4. The summed E-state index contributed by atoms with van der Waals surface area (Å²) in [5.41, 5.74) is 4.32. The lowest BCUT2D eigenvalue weighted by Gasteiger charge is -2.03. The summed E-state index contributed by atoms with van der Waals surface area (Å²) in [5.74, 6) is -0.915. The van der Waals surface area contributed by atoms with Gasteiger partial charge in [0, 0.05) is 24.0 Å². The van der Waals surface area contributed by atoms with Crippen molar-refractivity contribution in [3.63, 3.8) is 0 Å². The number of aryl methyl sites for hydroxylation is 1. The first kappa shape index (κ1) is 15.0. The van der Waals surface area contributed by atoms with E-state index in [2.05, 4.69) is 17.1 Å². The fraction of sp³-hybridized carbons (Fsp3) is 0.235. The standard InChI is InChI=1S/C17H18N4O2/c1-3-21-12(2)15(10-18-21)16-8-9-20(19-16)11-13-4-6-14(7-5-13)17(22)23/h4-10H,3,11H2,1-2H3,(H,22,23). The first-order valence-corrected chi connectivity index (χ1v) is 7.47. The van der Waals surface area contributed by atoms with Crippen LogP contribution in [-0.2, 0) is 13.1 Å². The fourth-order valence-electron chi connectivity index (χ4n) is 2.55. The molecule has 1 aromatic carbocycles. The van der Waals surface area contributed by atoms with Crippen molar-refractivity contribution < 1.29 is 9.90 Å². The van der Waals surface area contributed by atoms with E-state index < -0.39 is 5.97 Å². The van der Waals surface area contributed by atoms with Gasteiger partial charge >= 0.3 is 5.97 Å². The van der Waals surface area contributed by atoms with Crippen LogP contribution in [0.5, 0.6) is 0 Å². The quantitative estimate of drug-likeness (QED) is 0.786. The third-order valence-corrected chi connectivity index (χ3v) is 3.86. The largest absolute Gasteiger partial charge is 0.478 e. The van der Waals surface area contributed by atoms with E-state index in [4.69, 9.17) is 5.11 Å². The summed E-state index contributed by atoms with van der Waals surface area (Å²) in [7, 11) is 0. The molecule has 0 aliphatic carbocycles. The van der Waals surface area contributed by atoms with Gasteiger partial charge in [0.1, 0.15) is 0 Å². The third-order valence-electron chi connectivity index (χ3n) is 3.86. The first-order valence-electron chi connectivity index (χ1n) is 7.47. The van der Waals surface area contributed by atoms with Crippen molar-refractivity contribution >= 4 is 5.97 Å². The Morgan fingerprint density at radius 1 is 1.22 bits per heavy atom. The zero-order valence-electron chi connectivity index (χ0n) is 13.1. The molecule has 0 amide bonds. The number of rotatable bonds is 5. The number of carboxylic acid groups (broad SMARTS) is 1. The SMILES string of the molecule is CCn1ncc(-c2ccn(Cc3ccc(C(=O)O)cc3)n2)c1C. The Balaban J connectivity index is 1.79. The molecule has 3 rings (SSSR count). The lowest BCUT2D eigenvalue weighted by Crippen LogP contribution is -2.02. The average molecular weight is 310 g/mol. The summed E-state index contributed by atoms with van der Waals surface area (Å²) in [6, 6.07) is 8.81. The average Bonchev–Trinajstić information content (AvgIpc) is 3.14. The lowest BCUT2D eigenvalue weighted by molar-refractivity contribution is 0.0697. The van der Waals surface area contributed by atoms with Crippen molar-refractivity contribution in [2.45, 2.75) is 26.9 Å². The molecule has 0 aliphatic rings. The maximum Gasteiger partial charge on any atom is 0.335 e. The minimum absolute atomic E-state index is 0.289. The highest BCUT2D eigenvalue weighted by Gasteiger charge is 2.10. The molecule has 0 atom stereocenters. The molecule has 0 unspecified atom stereocenters. The van der Waals surface area contributed by atoms with Gasteiger partial charge in [-0.1, -0.05) is 12.1 Å².